The summed E-state index contributed by atoms with van der Waals surface area (Å²) in [6.07, 6.45) is -0.211. The molecule has 0 N–H and O–H groups in total. The number of rotatable bonds is 4. The Morgan fingerprint density at radius 3 is 2.50 bits per heavy atom. The summed E-state index contributed by atoms with van der Waals surface area (Å²) in [5.74, 6) is -0.987. The molecule has 134 valence electrons. The summed E-state index contributed by atoms with van der Waals surface area (Å²) < 4.78 is 5.27. The van der Waals surface area contributed by atoms with Gasteiger partial charge in [0, 0.05) is 23.9 Å². The van der Waals surface area contributed by atoms with E-state index in [1.54, 1.807) is 4.90 Å². The SMILES string of the molecule is C[C@H](OC(=O)c1ccc([N+](=O)[O-])cc1)C(=O)N1c2ccccc2C[C@H]1C. The molecule has 1 aliphatic heterocycles. The Balaban J connectivity index is 1.71. The second kappa shape index (κ2) is 6.95. The molecule has 7 heteroatoms. The van der Waals surface area contributed by atoms with E-state index in [2.05, 4.69) is 0 Å². The van der Waals surface area contributed by atoms with Gasteiger partial charge in [0.05, 0.1) is 10.5 Å². The number of benzene rings is 2. The van der Waals surface area contributed by atoms with Gasteiger partial charge in [-0.25, -0.2) is 4.79 Å². The lowest BCUT2D eigenvalue weighted by atomic mass is 10.1. The fourth-order valence-corrected chi connectivity index (χ4v) is 3.10. The van der Waals surface area contributed by atoms with Crippen LogP contribution in [0.2, 0.25) is 0 Å². The molecule has 0 bridgehead atoms. The highest BCUT2D eigenvalue weighted by atomic mass is 16.6. The maximum Gasteiger partial charge on any atom is 0.338 e. The van der Waals surface area contributed by atoms with Crippen molar-refractivity contribution in [3.05, 3.63) is 69.8 Å². The lowest BCUT2D eigenvalue weighted by molar-refractivity contribution is -0.384. The van der Waals surface area contributed by atoms with E-state index < -0.39 is 17.0 Å². The Bertz CT molecular complexity index is 862. The van der Waals surface area contributed by atoms with Crippen LogP contribution in [0.1, 0.15) is 29.8 Å². The van der Waals surface area contributed by atoms with Crippen LogP contribution in [0.5, 0.6) is 0 Å². The highest BCUT2D eigenvalue weighted by Crippen LogP contribution is 2.32. The van der Waals surface area contributed by atoms with Crippen molar-refractivity contribution in [2.75, 3.05) is 4.90 Å². The predicted octanol–water partition coefficient (Wildman–Crippen LogP) is 3.12. The quantitative estimate of drug-likeness (QED) is 0.478. The zero-order valence-corrected chi connectivity index (χ0v) is 14.4. The number of ether oxygens (including phenoxy) is 1. The normalized spacial score (nSPS) is 16.7. The van der Waals surface area contributed by atoms with Gasteiger partial charge in [0.15, 0.2) is 6.10 Å². The van der Waals surface area contributed by atoms with Crippen LogP contribution >= 0.6 is 0 Å². The maximum absolute atomic E-state index is 12.8. The summed E-state index contributed by atoms with van der Waals surface area (Å²) in [5.41, 5.74) is 1.96. The molecule has 0 unspecified atom stereocenters. The lowest BCUT2D eigenvalue weighted by Gasteiger charge is -2.25. The molecule has 0 saturated carbocycles. The van der Waals surface area contributed by atoms with Crippen molar-refractivity contribution in [3.8, 4) is 0 Å². The smallest absolute Gasteiger partial charge is 0.338 e. The van der Waals surface area contributed by atoms with Gasteiger partial charge in [-0.1, -0.05) is 18.2 Å². The van der Waals surface area contributed by atoms with Gasteiger partial charge in [-0.3, -0.25) is 14.9 Å². The van der Waals surface area contributed by atoms with E-state index in [-0.39, 0.29) is 23.2 Å². The molecule has 3 rings (SSSR count). The second-order valence-corrected chi connectivity index (χ2v) is 6.24. The van der Waals surface area contributed by atoms with Crippen molar-refractivity contribution in [2.45, 2.75) is 32.4 Å². The van der Waals surface area contributed by atoms with Gasteiger partial charge in [-0.2, -0.15) is 0 Å². The minimum Gasteiger partial charge on any atom is -0.449 e. The van der Waals surface area contributed by atoms with Gasteiger partial charge in [-0.05, 0) is 44.0 Å². The van der Waals surface area contributed by atoms with E-state index in [0.717, 1.165) is 17.7 Å². The van der Waals surface area contributed by atoms with Gasteiger partial charge in [0.2, 0.25) is 0 Å². The first-order valence-corrected chi connectivity index (χ1v) is 8.25. The number of hydrogen-bond acceptors (Lipinski definition) is 5. The number of fused-ring (bicyclic) bond motifs is 1. The van der Waals surface area contributed by atoms with E-state index in [1.807, 2.05) is 31.2 Å². The van der Waals surface area contributed by atoms with Crippen LogP contribution < -0.4 is 4.90 Å². The summed E-state index contributed by atoms with van der Waals surface area (Å²) in [7, 11) is 0. The molecule has 26 heavy (non-hydrogen) atoms. The minimum absolute atomic E-state index is 0.0135. The standard InChI is InChI=1S/C19H18N2O5/c1-12-11-15-5-3-4-6-17(15)20(12)18(22)13(2)26-19(23)14-7-9-16(10-8-14)21(24)25/h3-10,12-13H,11H2,1-2H3/t12-,13+/m1/s1. The summed E-state index contributed by atoms with van der Waals surface area (Å²) in [4.78, 5) is 36.8. The van der Waals surface area contributed by atoms with Crippen molar-refractivity contribution in [1.29, 1.82) is 0 Å². The van der Waals surface area contributed by atoms with E-state index in [9.17, 15) is 19.7 Å². The van der Waals surface area contributed by atoms with Crippen LogP contribution in [0.15, 0.2) is 48.5 Å². The molecular formula is C19H18N2O5. The third-order valence-electron chi connectivity index (χ3n) is 4.39. The molecule has 0 spiro atoms. The maximum atomic E-state index is 12.8. The molecule has 2 aromatic carbocycles. The van der Waals surface area contributed by atoms with Crippen molar-refractivity contribution < 1.29 is 19.2 Å². The number of carbonyl (C=O) groups is 2. The summed E-state index contributed by atoms with van der Waals surface area (Å²) in [5, 5.41) is 10.7. The first-order valence-electron chi connectivity index (χ1n) is 8.25. The summed E-state index contributed by atoms with van der Waals surface area (Å²) in [6.45, 7) is 3.47. The number of nitro benzene ring substituents is 1. The van der Waals surface area contributed by atoms with Crippen molar-refractivity contribution in [2.24, 2.45) is 0 Å². The lowest BCUT2D eigenvalue weighted by Crippen LogP contribution is -2.43. The van der Waals surface area contributed by atoms with Crippen LogP contribution in [0.25, 0.3) is 0 Å². The molecule has 7 nitrogen and oxygen atoms in total. The minimum atomic E-state index is -0.966. The molecule has 2 atom stereocenters. The second-order valence-electron chi connectivity index (χ2n) is 6.24. The predicted molar refractivity (Wildman–Crippen MR) is 95.1 cm³/mol. The zero-order valence-electron chi connectivity index (χ0n) is 14.4. The van der Waals surface area contributed by atoms with Crippen molar-refractivity contribution in [3.63, 3.8) is 0 Å². The molecule has 1 heterocycles. The Hall–Kier alpha value is -3.22. The Kier molecular flexibility index (Phi) is 4.71. The number of amides is 1. The number of anilines is 1. The van der Waals surface area contributed by atoms with Gasteiger partial charge in [-0.15, -0.1) is 0 Å². The Morgan fingerprint density at radius 2 is 1.85 bits per heavy atom. The average molecular weight is 354 g/mol. The Labute approximate surface area is 150 Å². The highest BCUT2D eigenvalue weighted by molar-refractivity contribution is 6.00. The topological polar surface area (TPSA) is 89.7 Å². The third-order valence-corrected chi connectivity index (χ3v) is 4.39. The fourth-order valence-electron chi connectivity index (χ4n) is 3.10. The fraction of sp³-hybridized carbons (Fsp3) is 0.263. The zero-order chi connectivity index (χ0) is 18.8. The van der Waals surface area contributed by atoms with E-state index in [0.29, 0.717) is 0 Å². The summed E-state index contributed by atoms with van der Waals surface area (Å²) >= 11 is 0. The molecule has 1 amide bonds. The highest BCUT2D eigenvalue weighted by Gasteiger charge is 2.34. The largest absolute Gasteiger partial charge is 0.449 e. The number of nitrogens with zero attached hydrogens (tertiary/aromatic N) is 2. The van der Waals surface area contributed by atoms with Crippen molar-refractivity contribution >= 4 is 23.3 Å². The Morgan fingerprint density at radius 1 is 1.19 bits per heavy atom. The number of para-hydroxylation sites is 1. The van der Waals surface area contributed by atoms with Gasteiger partial charge >= 0.3 is 5.97 Å². The first-order chi connectivity index (χ1) is 12.4. The number of nitro groups is 1. The van der Waals surface area contributed by atoms with E-state index in [4.69, 9.17) is 4.74 Å². The molecule has 0 radical (unpaired) electrons. The molecule has 2 aromatic rings. The van der Waals surface area contributed by atoms with Crippen LogP contribution in [-0.2, 0) is 16.0 Å². The van der Waals surface area contributed by atoms with Gasteiger partial charge < -0.3 is 9.64 Å². The van der Waals surface area contributed by atoms with Gasteiger partial charge in [0.1, 0.15) is 0 Å². The average Bonchev–Trinajstić information content (AvgIpc) is 2.96. The molecule has 0 aromatic heterocycles. The van der Waals surface area contributed by atoms with E-state index >= 15 is 0 Å². The molecule has 1 aliphatic rings. The monoisotopic (exact) mass is 354 g/mol. The molecule has 0 fully saturated rings. The number of non-ortho nitro benzene ring substituents is 1. The number of carbonyl (C=O) groups excluding carboxylic acids is 2. The van der Waals surface area contributed by atoms with Crippen LogP contribution in [0.4, 0.5) is 11.4 Å². The van der Waals surface area contributed by atoms with Crippen LogP contribution in [-0.4, -0.2) is 28.9 Å². The van der Waals surface area contributed by atoms with Crippen LogP contribution in [0, 0.1) is 10.1 Å². The number of esters is 1. The molecule has 0 saturated heterocycles. The van der Waals surface area contributed by atoms with Gasteiger partial charge in [0.25, 0.3) is 11.6 Å². The first kappa shape index (κ1) is 17.6. The third kappa shape index (κ3) is 3.28. The van der Waals surface area contributed by atoms with E-state index in [1.165, 1.54) is 31.2 Å². The van der Waals surface area contributed by atoms with Crippen LogP contribution in [0.3, 0.4) is 0 Å². The van der Waals surface area contributed by atoms with Crippen molar-refractivity contribution in [1.82, 2.24) is 0 Å². The number of hydrogen-bond donors (Lipinski definition) is 0. The molecular weight excluding hydrogens is 336 g/mol. The summed E-state index contributed by atoms with van der Waals surface area (Å²) in [6, 6.07) is 12.7. The molecule has 0 aliphatic carbocycles.